The smallest absolute Gasteiger partial charge is 0.322 e. The van der Waals surface area contributed by atoms with Gasteiger partial charge in [0.2, 0.25) is 0 Å². The summed E-state index contributed by atoms with van der Waals surface area (Å²) in [6.07, 6.45) is -3.85. The second-order valence-electron chi connectivity index (χ2n) is 2.68. The van der Waals surface area contributed by atoms with Crippen molar-refractivity contribution in [2.24, 2.45) is 5.73 Å². The minimum absolute atomic E-state index is 0.264. The number of aromatic nitrogens is 1. The normalized spacial score (nSPS) is 14.2. The fourth-order valence-electron chi connectivity index (χ4n) is 0.949. The van der Waals surface area contributed by atoms with E-state index in [4.69, 9.17) is 5.73 Å². The molecule has 1 aromatic rings. The van der Waals surface area contributed by atoms with E-state index in [2.05, 4.69) is 4.98 Å². The molecular formula is C8H9F3N2. The first-order chi connectivity index (χ1) is 5.99. The predicted octanol–water partition coefficient (Wildman–Crippen LogP) is 2.03. The summed E-state index contributed by atoms with van der Waals surface area (Å²) in [6, 6.07) is 3.65. The minimum Gasteiger partial charge on any atom is -0.322 e. The zero-order valence-corrected chi connectivity index (χ0v) is 6.75. The fraction of sp³-hybridized carbons (Fsp3) is 0.375. The molecule has 13 heavy (non-hydrogen) atoms. The number of hydrogen-bond acceptors (Lipinski definition) is 2. The second-order valence-corrected chi connectivity index (χ2v) is 2.68. The molecule has 0 unspecified atom stereocenters. The first-order valence-corrected chi connectivity index (χ1v) is 3.72. The van der Waals surface area contributed by atoms with Crippen LogP contribution in [0.25, 0.3) is 0 Å². The number of hydrogen-bond donors (Lipinski definition) is 1. The molecule has 1 heterocycles. The highest BCUT2D eigenvalue weighted by Gasteiger charge is 2.31. The van der Waals surface area contributed by atoms with Crippen molar-refractivity contribution in [3.63, 3.8) is 0 Å². The molecule has 72 valence electrons. The van der Waals surface area contributed by atoms with E-state index in [1.807, 2.05) is 0 Å². The maximum Gasteiger partial charge on any atom is 0.390 e. The molecule has 1 atom stereocenters. The summed E-state index contributed by atoms with van der Waals surface area (Å²) < 4.78 is 35.7. The van der Waals surface area contributed by atoms with E-state index in [9.17, 15) is 13.2 Å². The Hall–Kier alpha value is -1.10. The number of pyridine rings is 1. The Labute approximate surface area is 73.6 Å². The van der Waals surface area contributed by atoms with Crippen LogP contribution in [0.15, 0.2) is 24.4 Å². The van der Waals surface area contributed by atoms with E-state index in [1.165, 1.54) is 12.3 Å². The highest BCUT2D eigenvalue weighted by molar-refractivity contribution is 5.08. The minimum atomic E-state index is -4.24. The third kappa shape index (κ3) is 3.42. The molecule has 0 saturated heterocycles. The lowest BCUT2D eigenvalue weighted by atomic mass is 10.1. The number of alkyl halides is 3. The number of halogens is 3. The van der Waals surface area contributed by atoms with E-state index in [-0.39, 0.29) is 5.69 Å². The Balaban J connectivity index is 2.64. The molecule has 2 N–H and O–H groups in total. The quantitative estimate of drug-likeness (QED) is 0.774. The summed E-state index contributed by atoms with van der Waals surface area (Å²) in [5.41, 5.74) is 5.56. The lowest BCUT2D eigenvalue weighted by molar-refractivity contribution is -0.138. The number of nitrogens with two attached hydrogens (primary N) is 1. The molecule has 0 fully saturated rings. The summed E-state index contributed by atoms with van der Waals surface area (Å²) in [5, 5.41) is 0. The van der Waals surface area contributed by atoms with Crippen LogP contribution in [-0.2, 0) is 0 Å². The Bertz CT molecular complexity index is 258. The van der Waals surface area contributed by atoms with Crippen LogP contribution in [-0.4, -0.2) is 11.2 Å². The van der Waals surface area contributed by atoms with Gasteiger partial charge in [0.25, 0.3) is 0 Å². The van der Waals surface area contributed by atoms with E-state index >= 15 is 0 Å². The van der Waals surface area contributed by atoms with Gasteiger partial charge in [-0.25, -0.2) is 0 Å². The molecule has 2 nitrogen and oxygen atoms in total. The topological polar surface area (TPSA) is 38.9 Å². The Morgan fingerprint density at radius 3 is 2.54 bits per heavy atom. The van der Waals surface area contributed by atoms with Gasteiger partial charge in [-0.05, 0) is 12.1 Å². The lowest BCUT2D eigenvalue weighted by Gasteiger charge is -2.12. The van der Waals surface area contributed by atoms with Crippen molar-refractivity contribution in [1.29, 1.82) is 0 Å². The van der Waals surface area contributed by atoms with E-state index < -0.39 is 18.6 Å². The van der Waals surface area contributed by atoms with Crippen LogP contribution in [0, 0.1) is 0 Å². The van der Waals surface area contributed by atoms with Crippen LogP contribution >= 0.6 is 0 Å². The number of rotatable bonds is 2. The van der Waals surface area contributed by atoms with Gasteiger partial charge < -0.3 is 5.73 Å². The summed E-state index contributed by atoms with van der Waals surface area (Å²) in [4.78, 5) is 3.74. The van der Waals surface area contributed by atoms with Gasteiger partial charge in [0.05, 0.1) is 18.2 Å². The highest BCUT2D eigenvalue weighted by atomic mass is 19.4. The van der Waals surface area contributed by atoms with Crippen molar-refractivity contribution in [3.05, 3.63) is 30.1 Å². The zero-order valence-electron chi connectivity index (χ0n) is 6.75. The SMILES string of the molecule is N[C@@H](CC(F)(F)F)c1ccccn1. The Kier molecular flexibility index (Phi) is 2.87. The predicted molar refractivity (Wildman–Crippen MR) is 41.8 cm³/mol. The average Bonchev–Trinajstić information content (AvgIpc) is 2.03. The molecule has 0 spiro atoms. The molecule has 0 aliphatic carbocycles. The Morgan fingerprint density at radius 1 is 1.38 bits per heavy atom. The summed E-state index contributed by atoms with van der Waals surface area (Å²) >= 11 is 0. The zero-order chi connectivity index (χ0) is 9.90. The molecule has 0 aromatic carbocycles. The van der Waals surface area contributed by atoms with Gasteiger partial charge in [-0.3, -0.25) is 4.98 Å². The van der Waals surface area contributed by atoms with Gasteiger partial charge in [0.15, 0.2) is 0 Å². The van der Waals surface area contributed by atoms with Gasteiger partial charge >= 0.3 is 6.18 Å². The summed E-state index contributed by atoms with van der Waals surface area (Å²) in [6.45, 7) is 0. The van der Waals surface area contributed by atoms with E-state index in [0.29, 0.717) is 0 Å². The van der Waals surface area contributed by atoms with Crippen LogP contribution in [0.3, 0.4) is 0 Å². The van der Waals surface area contributed by atoms with Crippen molar-refractivity contribution in [3.8, 4) is 0 Å². The molecule has 0 aliphatic heterocycles. The molecule has 0 saturated carbocycles. The van der Waals surface area contributed by atoms with Crippen molar-refractivity contribution in [2.75, 3.05) is 0 Å². The fourth-order valence-corrected chi connectivity index (χ4v) is 0.949. The largest absolute Gasteiger partial charge is 0.390 e. The van der Waals surface area contributed by atoms with Gasteiger partial charge in [-0.1, -0.05) is 6.07 Å². The van der Waals surface area contributed by atoms with Gasteiger partial charge in [-0.15, -0.1) is 0 Å². The van der Waals surface area contributed by atoms with E-state index in [1.54, 1.807) is 12.1 Å². The third-order valence-corrected chi connectivity index (χ3v) is 1.52. The molecule has 0 radical (unpaired) electrons. The first kappa shape index (κ1) is 9.98. The summed E-state index contributed by atoms with van der Waals surface area (Å²) in [7, 11) is 0. The van der Waals surface area contributed by atoms with Crippen LogP contribution < -0.4 is 5.73 Å². The third-order valence-electron chi connectivity index (χ3n) is 1.52. The molecular weight excluding hydrogens is 181 g/mol. The van der Waals surface area contributed by atoms with Gasteiger partial charge in [0, 0.05) is 6.20 Å². The molecule has 0 aliphatic rings. The number of nitrogens with zero attached hydrogens (tertiary/aromatic N) is 1. The lowest BCUT2D eigenvalue weighted by Crippen LogP contribution is -2.20. The molecule has 0 amide bonds. The van der Waals surface area contributed by atoms with Crippen molar-refractivity contribution >= 4 is 0 Å². The van der Waals surface area contributed by atoms with Crippen molar-refractivity contribution in [2.45, 2.75) is 18.6 Å². The Morgan fingerprint density at radius 2 is 2.08 bits per heavy atom. The van der Waals surface area contributed by atoms with Crippen LogP contribution in [0.2, 0.25) is 0 Å². The molecule has 0 bridgehead atoms. The first-order valence-electron chi connectivity index (χ1n) is 3.72. The van der Waals surface area contributed by atoms with E-state index in [0.717, 1.165) is 0 Å². The maximum atomic E-state index is 11.9. The van der Waals surface area contributed by atoms with Crippen LogP contribution in [0.5, 0.6) is 0 Å². The molecule has 1 aromatic heterocycles. The standard InChI is InChI=1S/C8H9F3N2/c9-8(10,11)5-6(12)7-3-1-2-4-13-7/h1-4,6H,5,12H2/t6-/m0/s1. The van der Waals surface area contributed by atoms with Crippen molar-refractivity contribution < 1.29 is 13.2 Å². The van der Waals surface area contributed by atoms with Gasteiger partial charge in [-0.2, -0.15) is 13.2 Å². The van der Waals surface area contributed by atoms with Gasteiger partial charge in [0.1, 0.15) is 0 Å². The van der Waals surface area contributed by atoms with Crippen LogP contribution in [0.1, 0.15) is 18.2 Å². The highest BCUT2D eigenvalue weighted by Crippen LogP contribution is 2.26. The molecule has 1 rings (SSSR count). The van der Waals surface area contributed by atoms with Crippen molar-refractivity contribution in [1.82, 2.24) is 4.98 Å². The van der Waals surface area contributed by atoms with Crippen LogP contribution in [0.4, 0.5) is 13.2 Å². The average molecular weight is 190 g/mol. The summed E-state index contributed by atoms with van der Waals surface area (Å²) in [5.74, 6) is 0. The maximum absolute atomic E-state index is 11.9. The second kappa shape index (κ2) is 3.74. The monoisotopic (exact) mass is 190 g/mol. The molecule has 5 heteroatoms.